The van der Waals surface area contributed by atoms with Gasteiger partial charge in [-0.15, -0.1) is 0 Å². The normalized spacial score (nSPS) is 14.3. The van der Waals surface area contributed by atoms with Gasteiger partial charge in [-0.3, -0.25) is 14.3 Å². The van der Waals surface area contributed by atoms with Crippen molar-refractivity contribution in [3.8, 4) is 0 Å². The van der Waals surface area contributed by atoms with Gasteiger partial charge in [-0.2, -0.15) is 0 Å². The second-order valence-electron chi connectivity index (χ2n) is 3.41. The van der Waals surface area contributed by atoms with Crippen molar-refractivity contribution in [3.63, 3.8) is 0 Å². The van der Waals surface area contributed by atoms with Gasteiger partial charge < -0.3 is 5.11 Å². The van der Waals surface area contributed by atoms with E-state index in [1.807, 2.05) is 6.07 Å². The Hall–Kier alpha value is -1.20. The molecule has 0 bridgehead atoms. The number of carboxylic acids is 1. The standard InChI is InChI=1S/C11H15NO3S/c1-16(15)8-7-12-10(11(13)14)9-5-3-2-4-6-9/h2-6,10,12H,7-8H2,1H3,(H,13,14). The van der Waals surface area contributed by atoms with Crippen molar-refractivity contribution >= 4 is 16.8 Å². The lowest BCUT2D eigenvalue weighted by atomic mass is 10.1. The Balaban J connectivity index is 2.62. The van der Waals surface area contributed by atoms with Crippen molar-refractivity contribution in [3.05, 3.63) is 35.9 Å². The van der Waals surface area contributed by atoms with Gasteiger partial charge in [-0.25, -0.2) is 0 Å². The van der Waals surface area contributed by atoms with Crippen LogP contribution >= 0.6 is 0 Å². The number of hydrogen-bond acceptors (Lipinski definition) is 3. The molecule has 2 N–H and O–H groups in total. The van der Waals surface area contributed by atoms with Crippen LogP contribution < -0.4 is 5.32 Å². The Kier molecular flexibility index (Phi) is 5.14. The molecule has 1 rings (SSSR count). The summed E-state index contributed by atoms with van der Waals surface area (Å²) in [6, 6.07) is 8.22. The number of aliphatic carboxylic acids is 1. The van der Waals surface area contributed by atoms with E-state index in [4.69, 9.17) is 5.11 Å². The van der Waals surface area contributed by atoms with E-state index in [1.165, 1.54) is 0 Å². The molecular weight excluding hydrogens is 226 g/mol. The molecule has 0 saturated heterocycles. The van der Waals surface area contributed by atoms with Crippen LogP contribution in [-0.2, 0) is 15.6 Å². The molecule has 2 atom stereocenters. The molecule has 1 aromatic rings. The molecule has 16 heavy (non-hydrogen) atoms. The van der Waals surface area contributed by atoms with Gasteiger partial charge in [0, 0.05) is 29.4 Å². The molecule has 0 aromatic heterocycles. The molecule has 4 nitrogen and oxygen atoms in total. The summed E-state index contributed by atoms with van der Waals surface area (Å²) in [5.41, 5.74) is 0.705. The first-order valence-corrected chi connectivity index (χ1v) is 6.65. The maximum atomic E-state index is 11.0. The Morgan fingerprint density at radius 2 is 2.06 bits per heavy atom. The van der Waals surface area contributed by atoms with Crippen LogP contribution in [0.15, 0.2) is 30.3 Å². The first kappa shape index (κ1) is 12.9. The highest BCUT2D eigenvalue weighted by atomic mass is 32.2. The monoisotopic (exact) mass is 241 g/mol. The van der Waals surface area contributed by atoms with Crippen molar-refractivity contribution in [2.75, 3.05) is 18.6 Å². The summed E-state index contributed by atoms with van der Waals surface area (Å²) in [4.78, 5) is 11.0. The van der Waals surface area contributed by atoms with E-state index >= 15 is 0 Å². The maximum Gasteiger partial charge on any atom is 0.325 e. The highest BCUT2D eigenvalue weighted by molar-refractivity contribution is 7.84. The molecule has 0 aliphatic heterocycles. The van der Waals surface area contributed by atoms with Crippen LogP contribution in [0.4, 0.5) is 0 Å². The minimum atomic E-state index is -0.923. The summed E-state index contributed by atoms with van der Waals surface area (Å²) >= 11 is 0. The average molecular weight is 241 g/mol. The largest absolute Gasteiger partial charge is 0.480 e. The summed E-state index contributed by atoms with van der Waals surface area (Å²) in [7, 11) is -0.907. The van der Waals surface area contributed by atoms with Crippen LogP contribution in [0.3, 0.4) is 0 Å². The van der Waals surface area contributed by atoms with E-state index in [2.05, 4.69) is 5.32 Å². The van der Waals surface area contributed by atoms with Gasteiger partial charge in [0.05, 0.1) is 0 Å². The van der Waals surface area contributed by atoms with Gasteiger partial charge in [0.25, 0.3) is 0 Å². The lowest BCUT2D eigenvalue weighted by Crippen LogP contribution is -2.31. The zero-order chi connectivity index (χ0) is 12.0. The minimum absolute atomic E-state index is 0.426. The van der Waals surface area contributed by atoms with Crippen molar-refractivity contribution in [1.29, 1.82) is 0 Å². The molecule has 0 heterocycles. The fourth-order valence-corrected chi connectivity index (χ4v) is 1.75. The number of carbonyl (C=O) groups is 1. The number of benzene rings is 1. The van der Waals surface area contributed by atoms with E-state index in [0.717, 1.165) is 0 Å². The quantitative estimate of drug-likeness (QED) is 0.772. The molecule has 0 amide bonds. The van der Waals surface area contributed by atoms with Crippen molar-refractivity contribution in [1.82, 2.24) is 5.32 Å². The van der Waals surface area contributed by atoms with Crippen molar-refractivity contribution in [2.24, 2.45) is 0 Å². The first-order chi connectivity index (χ1) is 7.61. The van der Waals surface area contributed by atoms with Gasteiger partial charge in [0.1, 0.15) is 6.04 Å². The van der Waals surface area contributed by atoms with Crippen LogP contribution in [-0.4, -0.2) is 33.8 Å². The minimum Gasteiger partial charge on any atom is -0.480 e. The van der Waals surface area contributed by atoms with Crippen molar-refractivity contribution in [2.45, 2.75) is 6.04 Å². The number of carboxylic acid groups (broad SMARTS) is 1. The highest BCUT2D eigenvalue weighted by Crippen LogP contribution is 2.11. The van der Waals surface area contributed by atoms with E-state index in [0.29, 0.717) is 17.9 Å². The Morgan fingerprint density at radius 1 is 1.44 bits per heavy atom. The Morgan fingerprint density at radius 3 is 2.56 bits per heavy atom. The summed E-state index contributed by atoms with van der Waals surface area (Å²) in [6.07, 6.45) is 1.60. The highest BCUT2D eigenvalue weighted by Gasteiger charge is 2.18. The molecule has 0 saturated carbocycles. The molecule has 0 aliphatic carbocycles. The van der Waals surface area contributed by atoms with Crippen LogP contribution in [0.25, 0.3) is 0 Å². The second-order valence-corrected chi connectivity index (χ2v) is 4.97. The molecule has 5 heteroatoms. The Bertz CT molecular complexity index is 367. The van der Waals surface area contributed by atoms with Gasteiger partial charge in [0.15, 0.2) is 0 Å². The third-order valence-corrected chi connectivity index (χ3v) is 2.90. The van der Waals surface area contributed by atoms with E-state index < -0.39 is 22.8 Å². The third-order valence-electron chi connectivity index (χ3n) is 2.12. The molecule has 0 spiro atoms. The van der Waals surface area contributed by atoms with Crippen LogP contribution in [0.1, 0.15) is 11.6 Å². The molecule has 88 valence electrons. The fraction of sp³-hybridized carbons (Fsp3) is 0.364. The summed E-state index contributed by atoms with van der Waals surface area (Å²) in [6.45, 7) is 0.426. The van der Waals surface area contributed by atoms with E-state index in [-0.39, 0.29) is 0 Å². The molecule has 0 fully saturated rings. The zero-order valence-corrected chi connectivity index (χ0v) is 9.87. The summed E-state index contributed by atoms with van der Waals surface area (Å²) in [5, 5.41) is 11.9. The van der Waals surface area contributed by atoms with Crippen LogP contribution in [0.2, 0.25) is 0 Å². The fourth-order valence-electron chi connectivity index (χ4n) is 1.34. The molecule has 0 aliphatic rings. The van der Waals surface area contributed by atoms with Gasteiger partial charge in [0.2, 0.25) is 0 Å². The van der Waals surface area contributed by atoms with Crippen molar-refractivity contribution < 1.29 is 14.1 Å². The predicted octanol–water partition coefficient (Wildman–Crippen LogP) is 0.780. The van der Waals surface area contributed by atoms with E-state index in [1.54, 1.807) is 30.5 Å². The predicted molar refractivity (Wildman–Crippen MR) is 63.8 cm³/mol. The SMILES string of the molecule is CS(=O)CCNC(C(=O)O)c1ccccc1. The maximum absolute atomic E-state index is 11.0. The summed E-state index contributed by atoms with van der Waals surface area (Å²) in [5.74, 6) is -0.468. The third kappa shape index (κ3) is 4.12. The number of rotatable bonds is 6. The smallest absolute Gasteiger partial charge is 0.325 e. The molecule has 0 radical (unpaired) electrons. The summed E-state index contributed by atoms with van der Waals surface area (Å²) < 4.78 is 10.9. The lowest BCUT2D eigenvalue weighted by Gasteiger charge is -2.14. The number of hydrogen-bond donors (Lipinski definition) is 2. The first-order valence-electron chi connectivity index (χ1n) is 4.92. The number of nitrogens with one attached hydrogen (secondary N) is 1. The Labute approximate surface area is 97.1 Å². The molecule has 1 aromatic carbocycles. The second kappa shape index (κ2) is 6.40. The van der Waals surface area contributed by atoms with Crippen LogP contribution in [0.5, 0.6) is 0 Å². The van der Waals surface area contributed by atoms with Gasteiger partial charge >= 0.3 is 5.97 Å². The van der Waals surface area contributed by atoms with Gasteiger partial charge in [-0.1, -0.05) is 30.3 Å². The lowest BCUT2D eigenvalue weighted by molar-refractivity contribution is -0.139. The molecular formula is C11H15NO3S. The van der Waals surface area contributed by atoms with Gasteiger partial charge in [-0.05, 0) is 5.56 Å². The molecule has 2 unspecified atom stereocenters. The van der Waals surface area contributed by atoms with Crippen LogP contribution in [0, 0.1) is 0 Å². The average Bonchev–Trinajstić information content (AvgIpc) is 2.25. The topological polar surface area (TPSA) is 66.4 Å². The zero-order valence-electron chi connectivity index (χ0n) is 9.05. The van der Waals surface area contributed by atoms with E-state index in [9.17, 15) is 9.00 Å².